The molecule has 0 radical (unpaired) electrons. The maximum Gasteiger partial charge on any atom is 0.328 e. The minimum Gasteiger partial charge on any atom is -0.480 e. The molecule has 2 N–H and O–H groups in total. The number of amides is 1. The Bertz CT molecular complexity index is 244. The summed E-state index contributed by atoms with van der Waals surface area (Å²) in [6.07, 6.45) is -0.577. The molecule has 5 nitrogen and oxygen atoms in total. The molecule has 0 fully saturated rings. The lowest BCUT2D eigenvalue weighted by molar-refractivity contribution is -0.149. The monoisotopic (exact) mass is 217 g/mol. The quantitative estimate of drug-likeness (QED) is 0.729. The van der Waals surface area contributed by atoms with E-state index in [9.17, 15) is 9.59 Å². The largest absolute Gasteiger partial charge is 0.480 e. The minimum absolute atomic E-state index is 0.383. The molecule has 1 amide bonds. The van der Waals surface area contributed by atoms with Crippen molar-refractivity contribution in [1.82, 2.24) is 5.32 Å². The van der Waals surface area contributed by atoms with Gasteiger partial charge in [-0.3, -0.25) is 4.79 Å². The summed E-state index contributed by atoms with van der Waals surface area (Å²) in [6.45, 7) is 8.39. The van der Waals surface area contributed by atoms with E-state index in [1.165, 1.54) is 6.92 Å². The second-order valence-corrected chi connectivity index (χ2v) is 4.45. The number of hydrogen-bond acceptors (Lipinski definition) is 3. The van der Waals surface area contributed by atoms with Crippen LogP contribution < -0.4 is 5.32 Å². The fourth-order valence-corrected chi connectivity index (χ4v) is 1.22. The van der Waals surface area contributed by atoms with E-state index in [0.717, 1.165) is 0 Å². The number of aliphatic carboxylic acids is 1. The smallest absolute Gasteiger partial charge is 0.328 e. The Labute approximate surface area is 89.8 Å². The van der Waals surface area contributed by atoms with Crippen LogP contribution in [-0.2, 0) is 14.3 Å². The molecule has 0 rings (SSSR count). The van der Waals surface area contributed by atoms with E-state index >= 15 is 0 Å². The van der Waals surface area contributed by atoms with E-state index in [-0.39, 0.29) is 5.91 Å². The van der Waals surface area contributed by atoms with Crippen LogP contribution in [0.1, 0.15) is 34.6 Å². The molecule has 0 aromatic rings. The Hall–Kier alpha value is -1.10. The normalized spacial score (nSPS) is 15.5. The van der Waals surface area contributed by atoms with Crippen molar-refractivity contribution in [3.8, 4) is 0 Å². The highest BCUT2D eigenvalue weighted by molar-refractivity contribution is 5.82. The van der Waals surface area contributed by atoms with Crippen molar-refractivity contribution in [2.24, 2.45) is 0 Å². The fraction of sp³-hybridized carbons (Fsp3) is 0.800. The zero-order valence-electron chi connectivity index (χ0n) is 9.83. The molecule has 0 saturated heterocycles. The molecule has 2 atom stereocenters. The van der Waals surface area contributed by atoms with Crippen LogP contribution in [-0.4, -0.2) is 34.7 Å². The van der Waals surface area contributed by atoms with Gasteiger partial charge in [0.1, 0.15) is 0 Å². The second-order valence-electron chi connectivity index (χ2n) is 4.45. The highest BCUT2D eigenvalue weighted by Crippen LogP contribution is 2.13. The highest BCUT2D eigenvalue weighted by atomic mass is 16.5. The number of nitrogens with one attached hydrogen (secondary N) is 1. The molecule has 0 aliphatic heterocycles. The Morgan fingerprint density at radius 1 is 1.33 bits per heavy atom. The third kappa shape index (κ3) is 6.06. The predicted molar refractivity (Wildman–Crippen MR) is 55.5 cm³/mol. The van der Waals surface area contributed by atoms with Crippen LogP contribution in [0, 0.1) is 0 Å². The van der Waals surface area contributed by atoms with Gasteiger partial charge in [0.15, 0.2) is 6.04 Å². The zero-order valence-corrected chi connectivity index (χ0v) is 9.83. The lowest BCUT2D eigenvalue weighted by atomic mass is 10.1. The molecule has 15 heavy (non-hydrogen) atoms. The van der Waals surface area contributed by atoms with Gasteiger partial charge in [-0.2, -0.15) is 0 Å². The SMILES string of the molecule is CC(=O)N[C@@H](C(=O)O)[C@@H](C)OC(C)(C)C. The van der Waals surface area contributed by atoms with E-state index in [4.69, 9.17) is 9.84 Å². The van der Waals surface area contributed by atoms with Gasteiger partial charge in [0.2, 0.25) is 5.91 Å². The van der Waals surface area contributed by atoms with Gasteiger partial charge < -0.3 is 15.2 Å². The summed E-state index contributed by atoms with van der Waals surface area (Å²) in [4.78, 5) is 21.7. The van der Waals surface area contributed by atoms with Gasteiger partial charge in [0, 0.05) is 6.92 Å². The van der Waals surface area contributed by atoms with Crippen LogP contribution in [0.4, 0.5) is 0 Å². The first-order valence-electron chi connectivity index (χ1n) is 4.81. The molecule has 0 spiro atoms. The van der Waals surface area contributed by atoms with Crippen LogP contribution in [0.2, 0.25) is 0 Å². The van der Waals surface area contributed by atoms with Gasteiger partial charge >= 0.3 is 5.97 Å². The number of carbonyl (C=O) groups is 2. The first-order valence-corrected chi connectivity index (χ1v) is 4.81. The molecule has 88 valence electrons. The van der Waals surface area contributed by atoms with E-state index in [0.29, 0.717) is 0 Å². The molecule has 0 saturated carbocycles. The third-order valence-electron chi connectivity index (χ3n) is 1.63. The number of carboxylic acids is 1. The van der Waals surface area contributed by atoms with Gasteiger partial charge in [-0.05, 0) is 27.7 Å². The van der Waals surface area contributed by atoms with Crippen molar-refractivity contribution in [3.63, 3.8) is 0 Å². The molecule has 0 aliphatic carbocycles. The number of hydrogen-bond donors (Lipinski definition) is 2. The molecule has 0 unspecified atom stereocenters. The molecule has 0 bridgehead atoms. The van der Waals surface area contributed by atoms with Crippen molar-refractivity contribution in [1.29, 1.82) is 0 Å². The van der Waals surface area contributed by atoms with Crippen LogP contribution in [0.15, 0.2) is 0 Å². The Balaban J connectivity index is 4.49. The maximum absolute atomic E-state index is 10.9. The third-order valence-corrected chi connectivity index (χ3v) is 1.63. The summed E-state index contributed by atoms with van der Waals surface area (Å²) in [5.74, 6) is -1.48. The van der Waals surface area contributed by atoms with Crippen LogP contribution in [0.5, 0.6) is 0 Å². The lowest BCUT2D eigenvalue weighted by Crippen LogP contribution is -2.49. The highest BCUT2D eigenvalue weighted by Gasteiger charge is 2.29. The molecule has 0 aliphatic rings. The minimum atomic E-state index is -1.10. The standard InChI is InChI=1S/C10H19NO4/c1-6(15-10(3,4)5)8(9(13)14)11-7(2)12/h6,8H,1-5H3,(H,11,12)(H,13,14)/t6-,8-/m1/s1. The number of carboxylic acid groups (broad SMARTS) is 1. The maximum atomic E-state index is 10.9. The molecule has 0 heterocycles. The first-order chi connectivity index (χ1) is 6.63. The van der Waals surface area contributed by atoms with Gasteiger partial charge in [0.25, 0.3) is 0 Å². The summed E-state index contributed by atoms with van der Waals surface area (Å²) >= 11 is 0. The summed E-state index contributed by atoms with van der Waals surface area (Å²) in [6, 6.07) is -1.01. The molecular formula is C10H19NO4. The van der Waals surface area contributed by atoms with E-state index < -0.39 is 23.7 Å². The van der Waals surface area contributed by atoms with Gasteiger partial charge in [-0.25, -0.2) is 4.79 Å². The first kappa shape index (κ1) is 13.9. The van der Waals surface area contributed by atoms with Crippen molar-refractivity contribution in [2.75, 3.05) is 0 Å². The van der Waals surface area contributed by atoms with Gasteiger partial charge in [0.05, 0.1) is 11.7 Å². The second kappa shape index (κ2) is 5.11. The summed E-state index contributed by atoms with van der Waals surface area (Å²) in [5.41, 5.74) is -0.439. The van der Waals surface area contributed by atoms with Crippen molar-refractivity contribution < 1.29 is 19.4 Å². The fourth-order valence-electron chi connectivity index (χ4n) is 1.22. The average molecular weight is 217 g/mol. The molecule has 0 aromatic carbocycles. The number of carbonyl (C=O) groups excluding carboxylic acids is 1. The lowest BCUT2D eigenvalue weighted by Gasteiger charge is -2.29. The summed E-state index contributed by atoms with van der Waals surface area (Å²) < 4.78 is 5.47. The number of ether oxygens (including phenoxy) is 1. The topological polar surface area (TPSA) is 75.6 Å². The zero-order chi connectivity index (χ0) is 12.2. The predicted octanol–water partition coefficient (Wildman–Crippen LogP) is 0.779. The Morgan fingerprint density at radius 2 is 1.80 bits per heavy atom. The van der Waals surface area contributed by atoms with Crippen LogP contribution in [0.25, 0.3) is 0 Å². The molecule has 0 aromatic heterocycles. The van der Waals surface area contributed by atoms with Gasteiger partial charge in [-0.1, -0.05) is 0 Å². The van der Waals surface area contributed by atoms with Gasteiger partial charge in [-0.15, -0.1) is 0 Å². The van der Waals surface area contributed by atoms with Crippen molar-refractivity contribution in [2.45, 2.75) is 52.4 Å². The summed E-state index contributed by atoms with van der Waals surface area (Å²) in [5, 5.41) is 11.2. The van der Waals surface area contributed by atoms with Crippen molar-refractivity contribution in [3.05, 3.63) is 0 Å². The molecular weight excluding hydrogens is 198 g/mol. The average Bonchev–Trinajstić information content (AvgIpc) is 1.95. The Kier molecular flexibility index (Phi) is 4.74. The van der Waals surface area contributed by atoms with E-state index in [2.05, 4.69) is 5.32 Å². The Morgan fingerprint density at radius 3 is 2.07 bits per heavy atom. The molecule has 5 heteroatoms. The van der Waals surface area contributed by atoms with E-state index in [1.54, 1.807) is 6.92 Å². The number of rotatable bonds is 4. The van der Waals surface area contributed by atoms with Crippen LogP contribution >= 0.6 is 0 Å². The van der Waals surface area contributed by atoms with E-state index in [1.807, 2.05) is 20.8 Å². The summed E-state index contributed by atoms with van der Waals surface area (Å²) in [7, 11) is 0. The van der Waals surface area contributed by atoms with Crippen molar-refractivity contribution >= 4 is 11.9 Å². The van der Waals surface area contributed by atoms with Crippen LogP contribution in [0.3, 0.4) is 0 Å².